The van der Waals surface area contributed by atoms with Gasteiger partial charge in [-0.15, -0.1) is 0 Å². The number of nitrogens with one attached hydrogen (secondary N) is 1. The van der Waals surface area contributed by atoms with Crippen LogP contribution in [0.5, 0.6) is 5.88 Å². The number of carbonyl (C=O) groups is 1. The van der Waals surface area contributed by atoms with Crippen LogP contribution in [0.2, 0.25) is 0 Å². The van der Waals surface area contributed by atoms with Gasteiger partial charge in [-0.2, -0.15) is 4.98 Å². The molecule has 5 rings (SSSR count). The minimum Gasteiger partial charge on any atom is -0.476 e. The fraction of sp³-hybridized carbons (Fsp3) is 0.577. The summed E-state index contributed by atoms with van der Waals surface area (Å²) in [6, 6.07) is 8.08. The summed E-state index contributed by atoms with van der Waals surface area (Å²) >= 11 is 0. The molecule has 2 N–H and O–H groups in total. The van der Waals surface area contributed by atoms with Crippen LogP contribution in [0.4, 0.5) is 11.6 Å². The highest BCUT2D eigenvalue weighted by Gasteiger charge is 2.28. The molecule has 35 heavy (non-hydrogen) atoms. The Balaban J connectivity index is 1.48. The average molecular weight is 483 g/mol. The molecular formula is C26H34N4O5. The van der Waals surface area contributed by atoms with Gasteiger partial charge in [0.2, 0.25) is 11.8 Å². The van der Waals surface area contributed by atoms with Crippen LogP contribution in [0.25, 0.3) is 11.1 Å². The van der Waals surface area contributed by atoms with Crippen molar-refractivity contribution in [3.63, 3.8) is 0 Å². The molecule has 1 saturated carbocycles. The molecule has 1 aromatic heterocycles. The second-order valence-corrected chi connectivity index (χ2v) is 9.73. The summed E-state index contributed by atoms with van der Waals surface area (Å²) in [6.07, 6.45) is 4.89. The van der Waals surface area contributed by atoms with Crippen molar-refractivity contribution in [3.05, 3.63) is 30.0 Å². The maximum atomic E-state index is 12.4. The minimum atomic E-state index is -1.10. The lowest BCUT2D eigenvalue weighted by Gasteiger charge is -2.29. The van der Waals surface area contributed by atoms with E-state index in [0.29, 0.717) is 55.3 Å². The Labute approximate surface area is 205 Å². The third kappa shape index (κ3) is 5.67. The van der Waals surface area contributed by atoms with Gasteiger partial charge >= 0.3 is 5.97 Å². The number of aromatic carboxylic acids is 1. The van der Waals surface area contributed by atoms with E-state index in [1.165, 1.54) is 0 Å². The highest BCUT2D eigenvalue weighted by Crippen LogP contribution is 2.36. The van der Waals surface area contributed by atoms with E-state index in [1.807, 2.05) is 24.3 Å². The minimum absolute atomic E-state index is 0.0558. The molecule has 2 aromatic rings. The molecule has 0 spiro atoms. The molecule has 0 amide bonds. The molecule has 1 aliphatic carbocycles. The first-order valence-electron chi connectivity index (χ1n) is 12.7. The summed E-state index contributed by atoms with van der Waals surface area (Å²) in [7, 11) is 0. The van der Waals surface area contributed by atoms with Gasteiger partial charge in [-0.25, -0.2) is 9.78 Å². The third-order valence-corrected chi connectivity index (χ3v) is 7.13. The fourth-order valence-electron chi connectivity index (χ4n) is 5.02. The number of aromatic nitrogens is 2. The number of benzene rings is 1. The standard InChI is InChI=1S/C26H34N4O5/c1-17-2-6-19(7-3-17)27-26-28-23(25(31)32)22(24(29-26)35-21-10-13-34-16-21)18-4-8-20(9-5-18)30-11-14-33-15-12-30/h4-5,8-9,17,19,21H,2-3,6-7,10-16H2,1H3,(H,31,32)(H,27,28,29)/t17?,19?,21-/m1/s1. The Kier molecular flexibility index (Phi) is 7.34. The lowest BCUT2D eigenvalue weighted by Crippen LogP contribution is -2.36. The lowest BCUT2D eigenvalue weighted by molar-refractivity contribution is 0.0690. The van der Waals surface area contributed by atoms with Crippen LogP contribution in [0, 0.1) is 5.92 Å². The van der Waals surface area contributed by atoms with Crippen molar-refractivity contribution in [2.24, 2.45) is 5.92 Å². The fourth-order valence-corrected chi connectivity index (χ4v) is 5.02. The maximum Gasteiger partial charge on any atom is 0.355 e. The van der Waals surface area contributed by atoms with Crippen molar-refractivity contribution in [2.75, 3.05) is 49.7 Å². The molecule has 3 heterocycles. The van der Waals surface area contributed by atoms with E-state index in [0.717, 1.165) is 50.9 Å². The molecule has 2 saturated heterocycles. The first-order valence-corrected chi connectivity index (χ1v) is 12.7. The molecule has 188 valence electrons. The van der Waals surface area contributed by atoms with Crippen molar-refractivity contribution in [3.8, 4) is 17.0 Å². The van der Waals surface area contributed by atoms with Crippen LogP contribution in [-0.4, -0.2) is 72.7 Å². The average Bonchev–Trinajstić information content (AvgIpc) is 3.39. The smallest absolute Gasteiger partial charge is 0.355 e. The molecule has 1 atom stereocenters. The van der Waals surface area contributed by atoms with Gasteiger partial charge in [-0.05, 0) is 49.3 Å². The molecule has 0 bridgehead atoms. The van der Waals surface area contributed by atoms with E-state index < -0.39 is 5.97 Å². The number of ether oxygens (including phenoxy) is 3. The van der Waals surface area contributed by atoms with Gasteiger partial charge in [0.25, 0.3) is 0 Å². The van der Waals surface area contributed by atoms with Crippen LogP contribution in [0.15, 0.2) is 24.3 Å². The molecule has 0 radical (unpaired) electrons. The maximum absolute atomic E-state index is 12.4. The second kappa shape index (κ2) is 10.8. The van der Waals surface area contributed by atoms with Crippen molar-refractivity contribution < 1.29 is 24.1 Å². The van der Waals surface area contributed by atoms with E-state index in [-0.39, 0.29) is 17.8 Å². The number of rotatable bonds is 7. The van der Waals surface area contributed by atoms with Gasteiger partial charge in [-0.1, -0.05) is 19.1 Å². The number of hydrogen-bond acceptors (Lipinski definition) is 8. The second-order valence-electron chi connectivity index (χ2n) is 9.73. The van der Waals surface area contributed by atoms with Crippen molar-refractivity contribution in [2.45, 2.75) is 51.2 Å². The van der Waals surface area contributed by atoms with E-state index in [4.69, 9.17) is 19.2 Å². The topological polar surface area (TPSA) is 106 Å². The van der Waals surface area contributed by atoms with E-state index in [1.54, 1.807) is 0 Å². The number of hydrogen-bond donors (Lipinski definition) is 2. The summed E-state index contributed by atoms with van der Waals surface area (Å²) in [5.74, 6) is 0.211. The molecule has 2 aliphatic heterocycles. The van der Waals surface area contributed by atoms with Crippen molar-refractivity contribution in [1.29, 1.82) is 0 Å². The number of anilines is 2. The summed E-state index contributed by atoms with van der Waals surface area (Å²) in [4.78, 5) is 23.8. The van der Waals surface area contributed by atoms with E-state index in [2.05, 4.69) is 22.1 Å². The first-order chi connectivity index (χ1) is 17.1. The molecule has 3 aliphatic rings. The van der Waals surface area contributed by atoms with Gasteiger partial charge in [0.15, 0.2) is 5.69 Å². The zero-order valence-corrected chi connectivity index (χ0v) is 20.2. The number of carboxylic acids is 1. The Morgan fingerprint density at radius 3 is 2.43 bits per heavy atom. The van der Waals surface area contributed by atoms with E-state index >= 15 is 0 Å². The van der Waals surface area contributed by atoms with Crippen LogP contribution in [-0.2, 0) is 9.47 Å². The lowest BCUT2D eigenvalue weighted by atomic mass is 9.87. The van der Waals surface area contributed by atoms with Gasteiger partial charge in [0.1, 0.15) is 6.10 Å². The number of morpholine rings is 1. The zero-order valence-electron chi connectivity index (χ0n) is 20.2. The highest BCUT2D eigenvalue weighted by atomic mass is 16.5. The van der Waals surface area contributed by atoms with Crippen LogP contribution in [0.3, 0.4) is 0 Å². The zero-order chi connectivity index (χ0) is 24.2. The predicted octanol–water partition coefficient (Wildman–Crippen LogP) is 3.84. The predicted molar refractivity (Wildman–Crippen MR) is 132 cm³/mol. The molecule has 3 fully saturated rings. The molecule has 0 unspecified atom stereocenters. The number of nitrogens with zero attached hydrogens (tertiary/aromatic N) is 3. The van der Waals surface area contributed by atoms with Crippen LogP contribution < -0.4 is 15.0 Å². The van der Waals surface area contributed by atoms with Crippen molar-refractivity contribution >= 4 is 17.6 Å². The van der Waals surface area contributed by atoms with Crippen molar-refractivity contribution in [1.82, 2.24) is 9.97 Å². The Morgan fingerprint density at radius 2 is 1.77 bits per heavy atom. The highest BCUT2D eigenvalue weighted by molar-refractivity contribution is 5.96. The first kappa shape index (κ1) is 23.8. The largest absolute Gasteiger partial charge is 0.476 e. The summed E-state index contributed by atoms with van der Waals surface area (Å²) in [6.45, 7) is 6.42. The van der Waals surface area contributed by atoms with Crippen LogP contribution >= 0.6 is 0 Å². The Bertz CT molecular complexity index is 1010. The Hall–Kier alpha value is -2.91. The summed E-state index contributed by atoms with van der Waals surface area (Å²) < 4.78 is 17.2. The van der Waals surface area contributed by atoms with Gasteiger partial charge in [0, 0.05) is 31.2 Å². The Morgan fingerprint density at radius 1 is 1.03 bits per heavy atom. The monoisotopic (exact) mass is 482 g/mol. The summed E-state index contributed by atoms with van der Waals surface area (Å²) in [5, 5.41) is 13.5. The van der Waals surface area contributed by atoms with Gasteiger partial charge in [-0.3, -0.25) is 0 Å². The van der Waals surface area contributed by atoms with Gasteiger partial charge in [0.05, 0.1) is 32.0 Å². The third-order valence-electron chi connectivity index (χ3n) is 7.13. The number of carboxylic acid groups (broad SMARTS) is 1. The summed E-state index contributed by atoms with van der Waals surface area (Å²) in [5.41, 5.74) is 2.14. The quantitative estimate of drug-likeness (QED) is 0.609. The normalized spacial score (nSPS) is 24.8. The SMILES string of the molecule is CC1CCC(Nc2nc(O[C@@H]3CCOC3)c(-c3ccc(N4CCOCC4)cc3)c(C(=O)O)n2)CC1. The van der Waals surface area contributed by atoms with Gasteiger partial charge < -0.3 is 29.5 Å². The molecular weight excluding hydrogens is 448 g/mol. The molecule has 9 heteroatoms. The van der Waals surface area contributed by atoms with E-state index in [9.17, 15) is 9.90 Å². The molecule has 9 nitrogen and oxygen atoms in total. The molecule has 1 aromatic carbocycles. The van der Waals surface area contributed by atoms with Crippen LogP contribution in [0.1, 0.15) is 49.5 Å².